The van der Waals surface area contributed by atoms with Crippen molar-refractivity contribution < 1.29 is 14.3 Å². The second-order valence-electron chi connectivity index (χ2n) is 5.01. The number of carbonyl (C=O) groups excluding carboxylic acids is 2. The van der Waals surface area contributed by atoms with Crippen molar-refractivity contribution in [2.45, 2.75) is 66.9 Å². The van der Waals surface area contributed by atoms with Crippen LogP contribution in [-0.4, -0.2) is 37.6 Å². The zero-order valence-electron chi connectivity index (χ0n) is 14.6. The van der Waals surface area contributed by atoms with Crippen molar-refractivity contribution in [2.24, 2.45) is 0 Å². The zero-order valence-corrected chi connectivity index (χ0v) is 14.6. The first-order valence-electron chi connectivity index (χ1n) is 7.33. The van der Waals surface area contributed by atoms with Crippen molar-refractivity contribution >= 4 is 11.9 Å². The molecule has 0 saturated carbocycles. The molecule has 5 nitrogen and oxygen atoms in total. The van der Waals surface area contributed by atoms with Crippen LogP contribution in [0.3, 0.4) is 0 Å². The Morgan fingerprint density at radius 2 is 1.65 bits per heavy atom. The molecule has 0 spiro atoms. The molecule has 20 heavy (non-hydrogen) atoms. The molecule has 0 radical (unpaired) electrons. The van der Waals surface area contributed by atoms with Crippen LogP contribution in [0, 0.1) is 0 Å². The third kappa shape index (κ3) is 30.2. The third-order valence-corrected chi connectivity index (χ3v) is 1.62. The van der Waals surface area contributed by atoms with E-state index in [1.54, 1.807) is 14.0 Å². The fourth-order valence-electron chi connectivity index (χ4n) is 0.930. The number of hydrogen-bond donors (Lipinski definition) is 2. The number of unbranched alkanes of at least 4 members (excludes halogenated alkanes) is 1. The van der Waals surface area contributed by atoms with Crippen LogP contribution in [0.1, 0.15) is 61.3 Å². The van der Waals surface area contributed by atoms with Gasteiger partial charge in [-0.2, -0.15) is 0 Å². The summed E-state index contributed by atoms with van der Waals surface area (Å²) in [5.74, 6) is 0.178. The number of Topliss-reactive ketones (excluding diaryl/α,β-unsaturated/α-hetero) is 1. The summed E-state index contributed by atoms with van der Waals surface area (Å²) >= 11 is 0. The molecular weight excluding hydrogens is 256 g/mol. The molecule has 0 aromatic rings. The van der Waals surface area contributed by atoms with Crippen molar-refractivity contribution in [2.75, 3.05) is 20.1 Å². The summed E-state index contributed by atoms with van der Waals surface area (Å²) < 4.78 is 5.03. The van der Waals surface area contributed by atoms with E-state index in [-0.39, 0.29) is 11.9 Å². The summed E-state index contributed by atoms with van der Waals surface area (Å²) in [6.07, 6.45) is 1.76. The van der Waals surface area contributed by atoms with Gasteiger partial charge in [0.25, 0.3) is 0 Å². The Bertz CT molecular complexity index is 236. The van der Waals surface area contributed by atoms with Crippen molar-refractivity contribution in [3.63, 3.8) is 0 Å². The highest BCUT2D eigenvalue weighted by Gasteiger charge is 2.14. The van der Waals surface area contributed by atoms with E-state index in [1.807, 2.05) is 34.6 Å². The maximum absolute atomic E-state index is 11.0. The van der Waals surface area contributed by atoms with E-state index in [4.69, 9.17) is 4.74 Å². The summed E-state index contributed by atoms with van der Waals surface area (Å²) in [6.45, 7) is 14.4. The summed E-state index contributed by atoms with van der Waals surface area (Å²) in [6, 6.07) is 0. The lowest BCUT2D eigenvalue weighted by Gasteiger charge is -2.19. The van der Waals surface area contributed by atoms with Gasteiger partial charge in [0.15, 0.2) is 0 Å². The van der Waals surface area contributed by atoms with Crippen LogP contribution >= 0.6 is 0 Å². The molecule has 0 heterocycles. The highest BCUT2D eigenvalue weighted by molar-refractivity contribution is 5.77. The molecule has 0 fully saturated rings. The Kier molecular flexibility index (Phi) is 19.1. The summed E-state index contributed by atoms with van der Waals surface area (Å²) in [5, 5.41) is 5.40. The topological polar surface area (TPSA) is 67.4 Å². The number of ether oxygens (including phenoxy) is 1. The first-order valence-corrected chi connectivity index (χ1v) is 7.33. The average molecular weight is 290 g/mol. The van der Waals surface area contributed by atoms with E-state index in [9.17, 15) is 9.59 Å². The van der Waals surface area contributed by atoms with E-state index in [2.05, 4.69) is 17.6 Å². The second-order valence-corrected chi connectivity index (χ2v) is 5.01. The molecule has 0 saturated heterocycles. The third-order valence-electron chi connectivity index (χ3n) is 1.62. The molecule has 5 heteroatoms. The summed E-state index contributed by atoms with van der Waals surface area (Å²) in [4.78, 5) is 21.0. The maximum Gasteiger partial charge on any atom is 0.407 e. The van der Waals surface area contributed by atoms with Gasteiger partial charge < -0.3 is 15.4 Å². The van der Waals surface area contributed by atoms with E-state index < -0.39 is 5.60 Å². The Balaban J connectivity index is -0.000000304. The Labute approximate surface area is 124 Å². The van der Waals surface area contributed by atoms with Crippen LogP contribution in [-0.2, 0) is 9.53 Å². The number of nitrogens with one attached hydrogen (secondary N) is 2. The fraction of sp³-hybridized carbons (Fsp3) is 0.867. The number of rotatable bonds is 5. The van der Waals surface area contributed by atoms with Gasteiger partial charge in [0.1, 0.15) is 11.4 Å². The van der Waals surface area contributed by atoms with Crippen molar-refractivity contribution in [1.82, 2.24) is 10.6 Å². The Morgan fingerprint density at radius 1 is 1.15 bits per heavy atom. The molecular formula is C15H34N2O3. The number of alkyl carbamates (subject to hydrolysis) is 1. The van der Waals surface area contributed by atoms with Gasteiger partial charge in [-0.1, -0.05) is 27.2 Å². The molecule has 0 aromatic carbocycles. The van der Waals surface area contributed by atoms with Crippen molar-refractivity contribution in [3.8, 4) is 0 Å². The standard InChI is InChI=1S/C9H19NO2.C4H9NO.C2H6/c1-5-6-7-10-8(11)12-9(2,3)4;1-4(6)3-5-2;1-2/h5-7H2,1-4H3,(H,10,11);5H,3H2,1-2H3;1-2H3. The minimum absolute atomic E-state index is 0.178. The molecule has 122 valence electrons. The number of carbonyl (C=O) groups is 2. The number of likely N-dealkylation sites (N-methyl/N-ethyl adjacent to an activating group) is 1. The van der Waals surface area contributed by atoms with Gasteiger partial charge in [-0.05, 0) is 41.2 Å². The normalized spacial score (nSPS) is 9.40. The molecule has 0 aliphatic carbocycles. The number of ketones is 1. The van der Waals surface area contributed by atoms with Crippen LogP contribution in [0.15, 0.2) is 0 Å². The van der Waals surface area contributed by atoms with Gasteiger partial charge >= 0.3 is 6.09 Å². The molecule has 1 amide bonds. The van der Waals surface area contributed by atoms with E-state index in [1.165, 1.54) is 0 Å². The first-order chi connectivity index (χ1) is 9.22. The Morgan fingerprint density at radius 3 is 1.90 bits per heavy atom. The SMILES string of the molecule is CC.CCCCNC(=O)OC(C)(C)C.CNCC(C)=O. The lowest BCUT2D eigenvalue weighted by Crippen LogP contribution is -2.32. The smallest absolute Gasteiger partial charge is 0.407 e. The van der Waals surface area contributed by atoms with E-state index in [0.29, 0.717) is 13.1 Å². The second kappa shape index (κ2) is 16.0. The van der Waals surface area contributed by atoms with Crippen molar-refractivity contribution in [1.29, 1.82) is 0 Å². The lowest BCUT2D eigenvalue weighted by atomic mass is 10.2. The average Bonchev–Trinajstić information content (AvgIpc) is 2.30. The van der Waals surface area contributed by atoms with Gasteiger partial charge in [0.05, 0.1) is 6.54 Å². The number of hydrogen-bond acceptors (Lipinski definition) is 4. The van der Waals surface area contributed by atoms with Crippen LogP contribution in [0.5, 0.6) is 0 Å². The molecule has 2 N–H and O–H groups in total. The van der Waals surface area contributed by atoms with E-state index >= 15 is 0 Å². The predicted octanol–water partition coefficient (Wildman–Crippen LogP) is 3.13. The van der Waals surface area contributed by atoms with Gasteiger partial charge in [0.2, 0.25) is 0 Å². The fourth-order valence-corrected chi connectivity index (χ4v) is 0.930. The molecule has 0 aromatic heterocycles. The predicted molar refractivity (Wildman–Crippen MR) is 85.1 cm³/mol. The monoisotopic (exact) mass is 290 g/mol. The van der Waals surface area contributed by atoms with E-state index in [0.717, 1.165) is 12.8 Å². The zero-order chi connectivity index (χ0) is 16.6. The molecule has 0 aliphatic rings. The molecule has 0 bridgehead atoms. The van der Waals surface area contributed by atoms with Crippen LogP contribution in [0.25, 0.3) is 0 Å². The van der Waals surface area contributed by atoms with Crippen LogP contribution in [0.2, 0.25) is 0 Å². The molecule has 0 rings (SSSR count). The largest absolute Gasteiger partial charge is 0.444 e. The minimum atomic E-state index is -0.393. The maximum atomic E-state index is 11.0. The Hall–Kier alpha value is -1.10. The van der Waals surface area contributed by atoms with Gasteiger partial charge in [-0.25, -0.2) is 4.79 Å². The molecule has 0 atom stereocenters. The first kappa shape index (κ1) is 24.0. The lowest BCUT2D eigenvalue weighted by molar-refractivity contribution is -0.116. The van der Waals surface area contributed by atoms with Gasteiger partial charge in [-0.15, -0.1) is 0 Å². The molecule has 0 aliphatic heterocycles. The quantitative estimate of drug-likeness (QED) is 0.763. The highest BCUT2D eigenvalue weighted by atomic mass is 16.6. The summed E-state index contributed by atoms with van der Waals surface area (Å²) in [7, 11) is 1.75. The van der Waals surface area contributed by atoms with Crippen molar-refractivity contribution in [3.05, 3.63) is 0 Å². The minimum Gasteiger partial charge on any atom is -0.444 e. The highest BCUT2D eigenvalue weighted by Crippen LogP contribution is 2.06. The van der Waals surface area contributed by atoms with Gasteiger partial charge in [-0.3, -0.25) is 4.79 Å². The van der Waals surface area contributed by atoms with Crippen LogP contribution < -0.4 is 10.6 Å². The van der Waals surface area contributed by atoms with Gasteiger partial charge in [0, 0.05) is 6.54 Å². The number of amides is 1. The summed E-state index contributed by atoms with van der Waals surface area (Å²) in [5.41, 5.74) is -0.393. The molecule has 0 unspecified atom stereocenters. The van der Waals surface area contributed by atoms with Crippen LogP contribution in [0.4, 0.5) is 4.79 Å².